The van der Waals surface area contributed by atoms with Gasteiger partial charge < -0.3 is 5.32 Å². The minimum Gasteiger partial charge on any atom is -0.384 e. The number of hydrogen-bond acceptors (Lipinski definition) is 3. The van der Waals surface area contributed by atoms with E-state index in [-0.39, 0.29) is 0 Å². The van der Waals surface area contributed by atoms with E-state index in [1.807, 2.05) is 38.3 Å². The summed E-state index contributed by atoms with van der Waals surface area (Å²) in [6.07, 6.45) is 17.8. The number of rotatable bonds is 10. The Hall–Kier alpha value is -1.68. The molecule has 0 spiro atoms. The molecule has 1 atom stereocenters. The number of halogens is 1. The van der Waals surface area contributed by atoms with Crippen molar-refractivity contribution >= 4 is 27.9 Å². The maximum atomic E-state index is 4.99. The number of unbranched alkanes of at least 4 members (excludes halogenated alkanes) is 1. The summed E-state index contributed by atoms with van der Waals surface area (Å²) < 4.78 is 0.961. The van der Waals surface area contributed by atoms with E-state index >= 15 is 0 Å². The Morgan fingerprint density at radius 1 is 1.39 bits per heavy atom. The molecule has 0 saturated heterocycles. The maximum Gasteiger partial charge on any atom is 0.0565 e. The third-order valence-corrected chi connectivity index (χ3v) is 5.56. The van der Waals surface area contributed by atoms with Crippen LogP contribution in [0, 0.1) is 5.92 Å². The monoisotopic (exact) mass is 445 g/mol. The predicted octanol–water partition coefficient (Wildman–Crippen LogP) is 6.91. The summed E-state index contributed by atoms with van der Waals surface area (Å²) in [6.45, 7) is 14.0. The van der Waals surface area contributed by atoms with Gasteiger partial charge in [-0.2, -0.15) is 0 Å². The summed E-state index contributed by atoms with van der Waals surface area (Å²) in [5.41, 5.74) is 4.49. The molecule has 0 aromatic heterocycles. The van der Waals surface area contributed by atoms with Crippen LogP contribution >= 0.6 is 15.9 Å². The average Bonchev–Trinajstić information content (AvgIpc) is 2.70. The Morgan fingerprint density at radius 3 is 2.82 bits per heavy atom. The quantitative estimate of drug-likeness (QED) is 0.364. The molecule has 0 radical (unpaired) electrons. The fourth-order valence-corrected chi connectivity index (χ4v) is 3.18. The molecular weight excluding hydrogens is 410 g/mol. The van der Waals surface area contributed by atoms with E-state index in [1.54, 1.807) is 0 Å². The van der Waals surface area contributed by atoms with Crippen LogP contribution in [0.2, 0.25) is 0 Å². The average molecular weight is 446 g/mol. The summed E-state index contributed by atoms with van der Waals surface area (Å²) in [6, 6.07) is 0. The van der Waals surface area contributed by atoms with Crippen molar-refractivity contribution in [3.05, 3.63) is 58.4 Å². The van der Waals surface area contributed by atoms with Crippen LogP contribution in [0.5, 0.6) is 0 Å². The standard InChI is InChI=1S/C24H36BrN3/c1-6-10-12-20(8-3)17-27-22-14-15-26-18-23(25)19(5)28-24(16-22)21(9-4)13-11-7-2/h6,8,10,12,16,18,21,27H,3,7,9,11,13-15,17H2,1-2,4-5H3/b10-6-,20-12+,22-16+,23-19-,26-18?,28-24+. The van der Waals surface area contributed by atoms with Crippen LogP contribution in [0.15, 0.2) is 68.4 Å². The van der Waals surface area contributed by atoms with Crippen molar-refractivity contribution < 1.29 is 0 Å². The molecule has 0 aromatic rings. The Morgan fingerprint density at radius 2 is 2.18 bits per heavy atom. The molecule has 0 amide bonds. The van der Waals surface area contributed by atoms with Gasteiger partial charge in [0.1, 0.15) is 0 Å². The molecule has 28 heavy (non-hydrogen) atoms. The van der Waals surface area contributed by atoms with Gasteiger partial charge in [-0.25, -0.2) is 0 Å². The topological polar surface area (TPSA) is 36.8 Å². The van der Waals surface area contributed by atoms with Gasteiger partial charge in [-0.1, -0.05) is 57.6 Å². The zero-order valence-electron chi connectivity index (χ0n) is 18.0. The lowest BCUT2D eigenvalue weighted by Crippen LogP contribution is -2.21. The summed E-state index contributed by atoms with van der Waals surface area (Å²) >= 11 is 3.61. The fourth-order valence-electron chi connectivity index (χ4n) is 2.95. The predicted molar refractivity (Wildman–Crippen MR) is 130 cm³/mol. The largest absolute Gasteiger partial charge is 0.384 e. The number of nitrogens with zero attached hydrogens (tertiary/aromatic N) is 2. The zero-order valence-corrected chi connectivity index (χ0v) is 19.6. The van der Waals surface area contributed by atoms with Crippen LogP contribution in [0.25, 0.3) is 0 Å². The summed E-state index contributed by atoms with van der Waals surface area (Å²) in [7, 11) is 0. The summed E-state index contributed by atoms with van der Waals surface area (Å²) in [5, 5.41) is 3.59. The van der Waals surface area contributed by atoms with Crippen LogP contribution in [-0.2, 0) is 0 Å². The highest BCUT2D eigenvalue weighted by Crippen LogP contribution is 2.21. The maximum absolute atomic E-state index is 4.99. The second-order valence-corrected chi connectivity index (χ2v) is 7.85. The normalized spacial score (nSPS) is 23.7. The molecule has 0 fully saturated rings. The van der Waals surface area contributed by atoms with E-state index in [0.717, 1.165) is 41.7 Å². The van der Waals surface area contributed by atoms with Gasteiger partial charge in [0, 0.05) is 43.1 Å². The summed E-state index contributed by atoms with van der Waals surface area (Å²) in [4.78, 5) is 9.51. The molecule has 0 saturated carbocycles. The van der Waals surface area contributed by atoms with Crippen molar-refractivity contribution in [3.8, 4) is 0 Å². The van der Waals surface area contributed by atoms with E-state index in [0.29, 0.717) is 5.92 Å². The van der Waals surface area contributed by atoms with Gasteiger partial charge in [0.25, 0.3) is 0 Å². The summed E-state index contributed by atoms with van der Waals surface area (Å²) in [5.74, 6) is 0.473. The molecule has 154 valence electrons. The highest BCUT2D eigenvalue weighted by molar-refractivity contribution is 9.12. The molecule has 0 aliphatic carbocycles. The van der Waals surface area contributed by atoms with Crippen molar-refractivity contribution in [2.24, 2.45) is 15.9 Å². The first-order valence-corrected chi connectivity index (χ1v) is 11.2. The van der Waals surface area contributed by atoms with Gasteiger partial charge in [-0.3, -0.25) is 9.98 Å². The highest BCUT2D eigenvalue weighted by atomic mass is 79.9. The van der Waals surface area contributed by atoms with Crippen molar-refractivity contribution in [2.45, 2.75) is 59.8 Å². The number of hydrogen-bond donors (Lipinski definition) is 1. The van der Waals surface area contributed by atoms with Crippen LogP contribution < -0.4 is 5.32 Å². The second kappa shape index (κ2) is 14.3. The highest BCUT2D eigenvalue weighted by Gasteiger charge is 2.14. The van der Waals surface area contributed by atoms with Crippen LogP contribution in [0.4, 0.5) is 0 Å². The Kier molecular flexibility index (Phi) is 12.5. The van der Waals surface area contributed by atoms with Gasteiger partial charge in [0.15, 0.2) is 0 Å². The Balaban J connectivity index is 3.19. The molecule has 1 aliphatic rings. The van der Waals surface area contributed by atoms with E-state index in [4.69, 9.17) is 4.99 Å². The molecule has 1 heterocycles. The van der Waals surface area contributed by atoms with Crippen LogP contribution in [0.1, 0.15) is 59.8 Å². The second-order valence-electron chi connectivity index (χ2n) is 7.00. The van der Waals surface area contributed by atoms with Gasteiger partial charge in [-0.05, 0) is 54.3 Å². The van der Waals surface area contributed by atoms with E-state index in [9.17, 15) is 0 Å². The Bertz CT molecular complexity index is 678. The molecule has 0 bridgehead atoms. The first kappa shape index (κ1) is 24.4. The van der Waals surface area contributed by atoms with E-state index in [2.05, 4.69) is 58.8 Å². The Labute approximate surface area is 180 Å². The van der Waals surface area contributed by atoms with Crippen molar-refractivity contribution in [2.75, 3.05) is 13.1 Å². The van der Waals surface area contributed by atoms with Gasteiger partial charge in [-0.15, -0.1) is 0 Å². The van der Waals surface area contributed by atoms with Crippen molar-refractivity contribution in [1.82, 2.24) is 5.32 Å². The molecular formula is C24H36BrN3. The van der Waals surface area contributed by atoms with Crippen molar-refractivity contribution in [3.63, 3.8) is 0 Å². The van der Waals surface area contributed by atoms with E-state index in [1.165, 1.54) is 30.7 Å². The van der Waals surface area contributed by atoms with Gasteiger partial charge in [0.05, 0.1) is 10.2 Å². The van der Waals surface area contributed by atoms with Crippen molar-refractivity contribution in [1.29, 1.82) is 0 Å². The van der Waals surface area contributed by atoms with Gasteiger partial charge in [0.2, 0.25) is 0 Å². The lowest BCUT2D eigenvalue weighted by Gasteiger charge is -2.19. The SMILES string of the molecule is C=C/C(=C\C=C/C)CN/C1=C/C(C(CC)CCCC)=N\C(C)=C(/Br)C=NCC1. The fraction of sp³-hybridized carbons (Fsp3) is 0.500. The molecule has 1 rings (SSSR count). The smallest absolute Gasteiger partial charge is 0.0565 e. The lowest BCUT2D eigenvalue weighted by atomic mass is 9.92. The molecule has 1 aliphatic heterocycles. The van der Waals surface area contributed by atoms with Crippen LogP contribution in [0.3, 0.4) is 0 Å². The number of nitrogens with one attached hydrogen (secondary N) is 1. The number of aliphatic imine (C=N–C) groups is 2. The first-order valence-electron chi connectivity index (χ1n) is 10.4. The van der Waals surface area contributed by atoms with Gasteiger partial charge >= 0.3 is 0 Å². The lowest BCUT2D eigenvalue weighted by molar-refractivity contribution is 0.568. The molecule has 1 N–H and O–H groups in total. The minimum atomic E-state index is 0.473. The first-order chi connectivity index (χ1) is 13.5. The molecule has 3 nitrogen and oxygen atoms in total. The molecule has 4 heteroatoms. The third kappa shape index (κ3) is 9.01. The molecule has 0 aromatic carbocycles. The number of allylic oxidation sites excluding steroid dienone is 6. The third-order valence-electron chi connectivity index (χ3n) is 4.78. The minimum absolute atomic E-state index is 0.473. The van der Waals surface area contributed by atoms with E-state index < -0.39 is 0 Å². The van der Waals surface area contributed by atoms with Crippen LogP contribution in [-0.4, -0.2) is 25.0 Å². The molecule has 1 unspecified atom stereocenters. The zero-order chi connectivity index (χ0) is 20.8.